The molecule has 2 aliphatic rings. The van der Waals surface area contributed by atoms with Crippen LogP contribution in [0.4, 0.5) is 13.2 Å². The first-order valence-electron chi connectivity index (χ1n) is 7.10. The molecular formula is C13H19F3N2O5. The number of methoxy groups -OCH3 is 1. The number of aliphatic carboxylic acids is 1. The van der Waals surface area contributed by atoms with Crippen LogP contribution in [-0.4, -0.2) is 65.7 Å². The number of amides is 1. The van der Waals surface area contributed by atoms with Crippen LogP contribution < -0.4 is 10.6 Å². The zero-order chi connectivity index (χ0) is 17.5. The van der Waals surface area contributed by atoms with E-state index in [2.05, 4.69) is 15.4 Å². The van der Waals surface area contributed by atoms with E-state index in [-0.39, 0.29) is 19.4 Å². The van der Waals surface area contributed by atoms with Crippen LogP contribution >= 0.6 is 0 Å². The van der Waals surface area contributed by atoms with E-state index in [0.29, 0.717) is 0 Å². The summed E-state index contributed by atoms with van der Waals surface area (Å²) in [4.78, 5) is 22.6. The fourth-order valence-electron chi connectivity index (χ4n) is 2.99. The number of carbonyl (C=O) groups is 2. The SMILES string of the molecule is CO[C@]1(C(F)(F)F)CN[C@H](C(=O)NCC2(O)CC(C(=O)O)C2)C1. The molecule has 0 unspecified atom stereocenters. The number of aliphatic hydroxyl groups is 1. The number of alkyl halides is 3. The molecule has 1 saturated carbocycles. The van der Waals surface area contributed by atoms with Gasteiger partial charge in [0.2, 0.25) is 5.91 Å². The van der Waals surface area contributed by atoms with Crippen LogP contribution in [0.1, 0.15) is 19.3 Å². The number of carbonyl (C=O) groups excluding carboxylic acids is 1. The van der Waals surface area contributed by atoms with Crippen molar-refractivity contribution >= 4 is 11.9 Å². The summed E-state index contributed by atoms with van der Waals surface area (Å²) in [6.07, 6.45) is -5.16. The second kappa shape index (κ2) is 5.91. The van der Waals surface area contributed by atoms with Crippen molar-refractivity contribution in [2.45, 2.75) is 42.7 Å². The summed E-state index contributed by atoms with van der Waals surface area (Å²) in [6, 6.07) is -1.09. The molecule has 0 bridgehead atoms. The van der Waals surface area contributed by atoms with E-state index in [1.807, 2.05) is 0 Å². The smallest absolute Gasteiger partial charge is 0.418 e. The molecule has 1 heterocycles. The number of halogens is 3. The fourth-order valence-corrected chi connectivity index (χ4v) is 2.99. The summed E-state index contributed by atoms with van der Waals surface area (Å²) in [5.74, 6) is -2.36. The molecule has 2 atom stereocenters. The van der Waals surface area contributed by atoms with Gasteiger partial charge in [0, 0.05) is 26.6 Å². The molecule has 0 spiro atoms. The molecule has 0 aromatic heterocycles. The highest BCUT2D eigenvalue weighted by molar-refractivity contribution is 5.82. The molecule has 23 heavy (non-hydrogen) atoms. The molecule has 1 aliphatic carbocycles. The lowest BCUT2D eigenvalue weighted by Gasteiger charge is -2.41. The lowest BCUT2D eigenvalue weighted by Crippen LogP contribution is -2.55. The molecule has 0 aromatic carbocycles. The standard InChI is InChI=1S/C13H19F3N2O5/c1-23-12(13(14,15)16)4-8(17-6-12)9(19)18-5-11(22)2-7(3-11)10(20)21/h7-8,17,22H,2-6H2,1H3,(H,18,19)(H,20,21)/t7?,8-,11?,12-/m0/s1. The van der Waals surface area contributed by atoms with E-state index in [1.165, 1.54) is 0 Å². The molecule has 7 nitrogen and oxygen atoms in total. The summed E-state index contributed by atoms with van der Waals surface area (Å²) >= 11 is 0. The van der Waals surface area contributed by atoms with Gasteiger partial charge in [-0.2, -0.15) is 13.2 Å². The van der Waals surface area contributed by atoms with E-state index < -0.39 is 54.2 Å². The third kappa shape index (κ3) is 3.43. The van der Waals surface area contributed by atoms with E-state index in [1.54, 1.807) is 0 Å². The Labute approximate surface area is 130 Å². The first-order chi connectivity index (χ1) is 10.5. The monoisotopic (exact) mass is 340 g/mol. The Kier molecular flexibility index (Phi) is 4.62. The summed E-state index contributed by atoms with van der Waals surface area (Å²) in [5, 5.41) is 23.6. The van der Waals surface area contributed by atoms with Gasteiger partial charge < -0.3 is 25.6 Å². The van der Waals surface area contributed by atoms with Gasteiger partial charge in [-0.25, -0.2) is 0 Å². The van der Waals surface area contributed by atoms with Crippen LogP contribution in [0.5, 0.6) is 0 Å². The predicted molar refractivity (Wildman–Crippen MR) is 70.5 cm³/mol. The zero-order valence-electron chi connectivity index (χ0n) is 12.4. The first kappa shape index (κ1) is 18.0. The summed E-state index contributed by atoms with van der Waals surface area (Å²) < 4.78 is 43.6. The second-order valence-electron chi connectivity index (χ2n) is 6.22. The van der Waals surface area contributed by atoms with Gasteiger partial charge in [0.05, 0.1) is 17.6 Å². The van der Waals surface area contributed by atoms with Crippen LogP contribution in [-0.2, 0) is 14.3 Å². The number of hydrogen-bond donors (Lipinski definition) is 4. The molecule has 1 aliphatic heterocycles. The molecule has 0 radical (unpaired) electrons. The maximum Gasteiger partial charge on any atom is 0.418 e. The maximum atomic E-state index is 13.0. The van der Waals surface area contributed by atoms with Crippen molar-refractivity contribution in [1.29, 1.82) is 0 Å². The Morgan fingerprint density at radius 1 is 1.35 bits per heavy atom. The van der Waals surface area contributed by atoms with Gasteiger partial charge >= 0.3 is 12.1 Å². The largest absolute Gasteiger partial charge is 0.481 e. The molecule has 2 fully saturated rings. The van der Waals surface area contributed by atoms with Crippen molar-refractivity contribution in [3.8, 4) is 0 Å². The minimum absolute atomic E-state index is 0.00523. The number of hydrogen-bond acceptors (Lipinski definition) is 5. The minimum Gasteiger partial charge on any atom is -0.481 e. The van der Waals surface area contributed by atoms with Crippen molar-refractivity contribution in [2.24, 2.45) is 5.92 Å². The molecule has 132 valence electrons. The summed E-state index contributed by atoms with van der Waals surface area (Å²) in [7, 11) is 0.943. The Bertz CT molecular complexity index is 492. The molecule has 1 amide bonds. The second-order valence-corrected chi connectivity index (χ2v) is 6.22. The molecule has 2 rings (SSSR count). The van der Waals surface area contributed by atoms with E-state index in [9.17, 15) is 27.9 Å². The maximum absolute atomic E-state index is 13.0. The van der Waals surface area contributed by atoms with Gasteiger partial charge in [0.15, 0.2) is 5.60 Å². The van der Waals surface area contributed by atoms with Crippen molar-refractivity contribution in [1.82, 2.24) is 10.6 Å². The van der Waals surface area contributed by atoms with Crippen LogP contribution in [0.3, 0.4) is 0 Å². The van der Waals surface area contributed by atoms with Crippen molar-refractivity contribution < 1.29 is 37.7 Å². The summed E-state index contributed by atoms with van der Waals surface area (Å²) in [5.41, 5.74) is -3.73. The number of rotatable bonds is 5. The van der Waals surface area contributed by atoms with Gasteiger partial charge in [-0.15, -0.1) is 0 Å². The number of carboxylic acid groups (broad SMARTS) is 1. The molecule has 10 heteroatoms. The number of nitrogens with one attached hydrogen (secondary N) is 2. The van der Waals surface area contributed by atoms with E-state index >= 15 is 0 Å². The first-order valence-corrected chi connectivity index (χ1v) is 7.10. The highest BCUT2D eigenvalue weighted by Crippen LogP contribution is 2.40. The van der Waals surface area contributed by atoms with E-state index in [4.69, 9.17) is 5.11 Å². The Hall–Kier alpha value is -1.39. The van der Waals surface area contributed by atoms with Crippen LogP contribution in [0.25, 0.3) is 0 Å². The van der Waals surface area contributed by atoms with Crippen molar-refractivity contribution in [3.05, 3.63) is 0 Å². The Morgan fingerprint density at radius 2 is 1.96 bits per heavy atom. The third-order valence-electron chi connectivity index (χ3n) is 4.59. The van der Waals surface area contributed by atoms with Gasteiger partial charge in [0.25, 0.3) is 0 Å². The minimum atomic E-state index is -4.61. The number of carboxylic acids is 1. The Balaban J connectivity index is 1.85. The Morgan fingerprint density at radius 3 is 2.39 bits per heavy atom. The average Bonchev–Trinajstić information content (AvgIpc) is 2.87. The molecule has 0 aromatic rings. The summed E-state index contributed by atoms with van der Waals surface area (Å²) in [6.45, 7) is -0.726. The van der Waals surface area contributed by atoms with E-state index in [0.717, 1.165) is 7.11 Å². The van der Waals surface area contributed by atoms with Crippen LogP contribution in [0.2, 0.25) is 0 Å². The highest BCUT2D eigenvalue weighted by Gasteiger charge is 2.60. The topological polar surface area (TPSA) is 108 Å². The normalized spacial score (nSPS) is 37.3. The van der Waals surface area contributed by atoms with Crippen molar-refractivity contribution in [3.63, 3.8) is 0 Å². The quantitative estimate of drug-likeness (QED) is 0.544. The van der Waals surface area contributed by atoms with Gasteiger partial charge in [-0.05, 0) is 12.8 Å². The van der Waals surface area contributed by atoms with Crippen molar-refractivity contribution in [2.75, 3.05) is 20.2 Å². The molecule has 1 saturated heterocycles. The van der Waals surface area contributed by atoms with Gasteiger partial charge in [-0.1, -0.05) is 0 Å². The predicted octanol–water partition coefficient (Wildman–Crippen LogP) is -0.362. The number of ether oxygens (including phenoxy) is 1. The van der Waals surface area contributed by atoms with Crippen LogP contribution in [0.15, 0.2) is 0 Å². The van der Waals surface area contributed by atoms with Gasteiger partial charge in [-0.3, -0.25) is 9.59 Å². The zero-order valence-corrected chi connectivity index (χ0v) is 12.4. The average molecular weight is 340 g/mol. The van der Waals surface area contributed by atoms with Crippen LogP contribution in [0, 0.1) is 5.92 Å². The lowest BCUT2D eigenvalue weighted by molar-refractivity contribution is -0.261. The fraction of sp³-hybridized carbons (Fsp3) is 0.846. The van der Waals surface area contributed by atoms with Gasteiger partial charge in [0.1, 0.15) is 0 Å². The third-order valence-corrected chi connectivity index (χ3v) is 4.59. The highest BCUT2D eigenvalue weighted by atomic mass is 19.4. The molecule has 4 N–H and O–H groups in total. The molecular weight excluding hydrogens is 321 g/mol. The lowest BCUT2D eigenvalue weighted by atomic mass is 9.71.